The van der Waals surface area contributed by atoms with Crippen molar-refractivity contribution in [2.45, 2.75) is 38.2 Å². The fourth-order valence-corrected chi connectivity index (χ4v) is 2.49. The molecule has 0 saturated heterocycles. The molecule has 1 aromatic rings. The van der Waals surface area contributed by atoms with Gasteiger partial charge >= 0.3 is 5.97 Å². The lowest BCUT2D eigenvalue weighted by Gasteiger charge is -2.18. The molecule has 0 heterocycles. The molecule has 1 atom stereocenters. The van der Waals surface area contributed by atoms with Crippen molar-refractivity contribution >= 4 is 17.1 Å². The van der Waals surface area contributed by atoms with E-state index in [1.165, 1.54) is 0 Å². The van der Waals surface area contributed by atoms with Gasteiger partial charge in [-0.25, -0.2) is 4.79 Å². The maximum Gasteiger partial charge on any atom is 0.360 e. The van der Waals surface area contributed by atoms with Gasteiger partial charge in [-0.3, -0.25) is 0 Å². The summed E-state index contributed by atoms with van der Waals surface area (Å²) in [6.45, 7) is 7.36. The predicted octanol–water partition coefficient (Wildman–Crippen LogP) is 2.79. The van der Waals surface area contributed by atoms with Crippen molar-refractivity contribution < 1.29 is 14.1 Å². The zero-order valence-corrected chi connectivity index (χ0v) is 11.5. The van der Waals surface area contributed by atoms with Crippen LogP contribution in [0.3, 0.4) is 0 Å². The molecule has 0 spiro atoms. The zero-order chi connectivity index (χ0) is 13.1. The Hall–Kier alpha value is -1.00. The van der Waals surface area contributed by atoms with Crippen LogP contribution in [0, 0.1) is 6.92 Å². The third-order valence-electron chi connectivity index (χ3n) is 2.02. The second-order valence-electron chi connectivity index (χ2n) is 4.86. The standard InChI is InChI=1S/C13H19O3S/c1-10-7-5-6-8-11(10)17(15)9-12(14)16-13(2,3)4/h5-8,15H,9H2,1-4H3/q+1. The first-order valence-corrected chi connectivity index (χ1v) is 6.82. The van der Waals surface area contributed by atoms with E-state index < -0.39 is 16.8 Å². The van der Waals surface area contributed by atoms with Gasteiger partial charge in [0, 0.05) is 5.56 Å². The summed E-state index contributed by atoms with van der Waals surface area (Å²) in [5.41, 5.74) is 0.481. The summed E-state index contributed by atoms with van der Waals surface area (Å²) >= 11 is -1.08. The van der Waals surface area contributed by atoms with Gasteiger partial charge in [-0.1, -0.05) is 18.2 Å². The molecule has 0 aliphatic rings. The molecule has 0 saturated carbocycles. The third-order valence-corrected chi connectivity index (χ3v) is 3.50. The Balaban J connectivity index is 2.64. The number of carbonyl (C=O) groups is 1. The lowest BCUT2D eigenvalue weighted by molar-refractivity contribution is -0.151. The summed E-state index contributed by atoms with van der Waals surface area (Å²) in [6, 6.07) is 7.51. The molecule has 0 aliphatic heterocycles. The van der Waals surface area contributed by atoms with Crippen LogP contribution in [0.4, 0.5) is 0 Å². The molecule has 0 aliphatic carbocycles. The Morgan fingerprint density at radius 1 is 1.35 bits per heavy atom. The Morgan fingerprint density at radius 2 is 1.94 bits per heavy atom. The number of aryl methyl sites for hydroxylation is 1. The number of rotatable bonds is 3. The fourth-order valence-electron chi connectivity index (χ4n) is 1.38. The smallest absolute Gasteiger partial charge is 0.360 e. The average Bonchev–Trinajstić information content (AvgIpc) is 2.14. The minimum absolute atomic E-state index is 0.0160. The second kappa shape index (κ2) is 5.56. The molecule has 17 heavy (non-hydrogen) atoms. The van der Waals surface area contributed by atoms with E-state index in [-0.39, 0.29) is 11.7 Å². The van der Waals surface area contributed by atoms with Crippen molar-refractivity contribution in [1.82, 2.24) is 0 Å². The molecular weight excluding hydrogens is 236 g/mol. The van der Waals surface area contributed by atoms with Crippen LogP contribution in [-0.2, 0) is 20.7 Å². The van der Waals surface area contributed by atoms with Crippen LogP contribution in [0.2, 0.25) is 0 Å². The van der Waals surface area contributed by atoms with E-state index in [0.29, 0.717) is 0 Å². The molecule has 0 bridgehead atoms. The van der Waals surface area contributed by atoms with Gasteiger partial charge in [0.25, 0.3) is 0 Å². The lowest BCUT2D eigenvalue weighted by atomic mass is 10.2. The highest BCUT2D eigenvalue weighted by Crippen LogP contribution is 2.17. The summed E-state index contributed by atoms with van der Waals surface area (Å²) in [5.74, 6) is -0.353. The van der Waals surface area contributed by atoms with Crippen LogP contribution in [0.5, 0.6) is 0 Å². The second-order valence-corrected chi connectivity index (χ2v) is 6.32. The Bertz CT molecular complexity index is 396. The first-order chi connectivity index (χ1) is 7.79. The predicted molar refractivity (Wildman–Crippen MR) is 70.2 cm³/mol. The first-order valence-electron chi connectivity index (χ1n) is 5.47. The number of benzene rings is 1. The summed E-state index contributed by atoms with van der Waals surface area (Å²) in [6.07, 6.45) is 0. The lowest BCUT2D eigenvalue weighted by Crippen LogP contribution is -2.28. The Labute approximate surface area is 105 Å². The van der Waals surface area contributed by atoms with Crippen molar-refractivity contribution in [2.24, 2.45) is 0 Å². The SMILES string of the molecule is Cc1ccccc1[S+](O)CC(=O)OC(C)(C)C. The first kappa shape index (κ1) is 14.1. The highest BCUT2D eigenvalue weighted by molar-refractivity contribution is 7.92. The molecular formula is C13H19O3S+. The van der Waals surface area contributed by atoms with Crippen LogP contribution in [0.25, 0.3) is 0 Å². The van der Waals surface area contributed by atoms with Gasteiger partial charge in [-0.05, 0) is 33.8 Å². The summed E-state index contributed by atoms with van der Waals surface area (Å²) < 4.78 is 15.2. The number of hydrogen-bond acceptors (Lipinski definition) is 3. The van der Waals surface area contributed by atoms with Crippen LogP contribution in [-0.4, -0.2) is 21.9 Å². The van der Waals surface area contributed by atoms with Crippen molar-refractivity contribution in [3.63, 3.8) is 0 Å². The van der Waals surface area contributed by atoms with Gasteiger partial charge in [-0.15, -0.1) is 0 Å². The maximum absolute atomic E-state index is 11.6. The van der Waals surface area contributed by atoms with Crippen LogP contribution >= 0.6 is 0 Å². The van der Waals surface area contributed by atoms with E-state index in [4.69, 9.17) is 4.74 Å². The molecule has 1 N–H and O–H groups in total. The van der Waals surface area contributed by atoms with E-state index in [1.54, 1.807) is 0 Å². The minimum Gasteiger partial charge on any atom is -0.456 e. The van der Waals surface area contributed by atoms with Crippen molar-refractivity contribution in [2.75, 3.05) is 5.75 Å². The molecule has 4 heteroatoms. The monoisotopic (exact) mass is 255 g/mol. The summed E-state index contributed by atoms with van der Waals surface area (Å²) in [7, 11) is 0. The Kier molecular flexibility index (Phi) is 4.60. The van der Waals surface area contributed by atoms with Gasteiger partial charge in [0.1, 0.15) is 5.60 Å². The van der Waals surface area contributed by atoms with Gasteiger partial charge in [0.2, 0.25) is 5.75 Å². The molecule has 0 aromatic heterocycles. The average molecular weight is 255 g/mol. The van der Waals surface area contributed by atoms with Gasteiger partial charge in [0.15, 0.2) is 16.1 Å². The van der Waals surface area contributed by atoms with E-state index in [2.05, 4.69) is 0 Å². The highest BCUT2D eigenvalue weighted by atomic mass is 32.2. The summed E-state index contributed by atoms with van der Waals surface area (Å²) in [4.78, 5) is 12.4. The third kappa shape index (κ3) is 4.79. The molecule has 94 valence electrons. The topological polar surface area (TPSA) is 46.5 Å². The van der Waals surface area contributed by atoms with Crippen LogP contribution in [0.1, 0.15) is 26.3 Å². The number of ether oxygens (including phenoxy) is 1. The molecule has 0 fully saturated rings. The highest BCUT2D eigenvalue weighted by Gasteiger charge is 2.29. The van der Waals surface area contributed by atoms with Gasteiger partial charge < -0.3 is 4.74 Å². The van der Waals surface area contributed by atoms with Gasteiger partial charge in [-0.2, -0.15) is 4.55 Å². The van der Waals surface area contributed by atoms with E-state index in [1.807, 2.05) is 52.0 Å². The molecule has 1 unspecified atom stereocenters. The quantitative estimate of drug-likeness (QED) is 0.667. The van der Waals surface area contributed by atoms with E-state index in [9.17, 15) is 9.35 Å². The normalized spacial score (nSPS) is 13.2. The largest absolute Gasteiger partial charge is 0.456 e. The van der Waals surface area contributed by atoms with Gasteiger partial charge in [0.05, 0.1) is 0 Å². The molecule has 0 radical (unpaired) electrons. The van der Waals surface area contributed by atoms with Crippen LogP contribution in [0.15, 0.2) is 29.2 Å². The van der Waals surface area contributed by atoms with Crippen LogP contribution < -0.4 is 0 Å². The number of hydrogen-bond donors (Lipinski definition) is 1. The van der Waals surface area contributed by atoms with Crippen molar-refractivity contribution in [3.05, 3.63) is 29.8 Å². The molecule has 1 aromatic carbocycles. The zero-order valence-electron chi connectivity index (χ0n) is 10.7. The molecule has 0 amide bonds. The van der Waals surface area contributed by atoms with Crippen molar-refractivity contribution in [3.8, 4) is 0 Å². The van der Waals surface area contributed by atoms with Crippen molar-refractivity contribution in [1.29, 1.82) is 0 Å². The summed E-state index contributed by atoms with van der Waals surface area (Å²) in [5, 5.41) is 0. The minimum atomic E-state index is -1.08. The molecule has 3 nitrogen and oxygen atoms in total. The number of carbonyl (C=O) groups excluding carboxylic acids is 1. The van der Waals surface area contributed by atoms with E-state index in [0.717, 1.165) is 10.5 Å². The Morgan fingerprint density at radius 3 is 2.47 bits per heavy atom. The maximum atomic E-state index is 11.6. The van der Waals surface area contributed by atoms with E-state index >= 15 is 0 Å². The number of esters is 1. The fraction of sp³-hybridized carbons (Fsp3) is 0.462. The molecule has 1 rings (SSSR count).